The van der Waals surface area contributed by atoms with Crippen LogP contribution in [0.4, 0.5) is 5.69 Å². The zero-order valence-electron chi connectivity index (χ0n) is 15.8. The Morgan fingerprint density at radius 1 is 1.29 bits per heavy atom. The van der Waals surface area contributed by atoms with E-state index in [1.54, 1.807) is 7.85 Å². The molecule has 0 spiro atoms. The third kappa shape index (κ3) is 3.67. The van der Waals surface area contributed by atoms with Gasteiger partial charge >= 0.3 is 5.97 Å². The van der Waals surface area contributed by atoms with Crippen molar-refractivity contribution in [3.8, 4) is 5.88 Å². The molecular weight excluding hydrogens is 385 g/mol. The number of esters is 1. The van der Waals surface area contributed by atoms with Crippen molar-refractivity contribution in [2.24, 2.45) is 11.4 Å². The number of carbonyl (C=O) groups excluding carboxylic acids is 2. The normalized spacial score (nSPS) is 15.8. The van der Waals surface area contributed by atoms with Crippen LogP contribution in [0.5, 0.6) is 5.88 Å². The Balaban J connectivity index is 2.18. The first-order chi connectivity index (χ1) is 13.3. The molecule has 1 aliphatic heterocycles. The molecule has 0 atom stereocenters. The molecule has 148 valence electrons. The number of aryl methyl sites for hydroxylation is 1. The molecule has 11 heteroatoms. The molecule has 2 heterocycles. The molecule has 1 aromatic heterocycles. The molecule has 1 aliphatic rings. The lowest BCUT2D eigenvalue weighted by molar-refractivity contribution is 0.0601. The average molecular weight is 405 g/mol. The molecule has 1 saturated heterocycles. The summed E-state index contributed by atoms with van der Waals surface area (Å²) in [6, 6.07) is 2.88. The highest BCUT2D eigenvalue weighted by atomic mass is 32.2. The lowest BCUT2D eigenvalue weighted by atomic mass is 9.84. The molecule has 1 aromatic carbocycles. The van der Waals surface area contributed by atoms with E-state index in [4.69, 9.17) is 9.47 Å². The lowest BCUT2D eigenvalue weighted by Crippen LogP contribution is -2.26. The van der Waals surface area contributed by atoms with E-state index in [1.807, 2.05) is 0 Å². The molecule has 1 N–H and O–H groups in total. The van der Waals surface area contributed by atoms with Gasteiger partial charge in [-0.1, -0.05) is 11.5 Å². The predicted molar refractivity (Wildman–Crippen MR) is 105 cm³/mol. The summed E-state index contributed by atoms with van der Waals surface area (Å²) in [6.45, 7) is 0.633. The minimum Gasteiger partial charge on any atom is -0.493 e. The van der Waals surface area contributed by atoms with Crippen LogP contribution in [0, 0.1) is 0 Å². The maximum Gasteiger partial charge on any atom is 0.340 e. The Bertz CT molecular complexity index is 1060. The van der Waals surface area contributed by atoms with E-state index in [0.717, 1.165) is 0 Å². The summed E-state index contributed by atoms with van der Waals surface area (Å²) in [5, 5.41) is 13.9. The van der Waals surface area contributed by atoms with Gasteiger partial charge in [0.25, 0.3) is 0 Å². The van der Waals surface area contributed by atoms with Crippen molar-refractivity contribution in [2.75, 3.05) is 31.8 Å². The first kappa shape index (κ1) is 20.1. The van der Waals surface area contributed by atoms with Gasteiger partial charge in [0.15, 0.2) is 5.78 Å². The topological polar surface area (TPSA) is 120 Å². The molecular formula is C17H20BN3O6S. The van der Waals surface area contributed by atoms with Gasteiger partial charge in [0.2, 0.25) is 5.88 Å². The van der Waals surface area contributed by atoms with Crippen molar-refractivity contribution >= 4 is 40.5 Å². The summed E-state index contributed by atoms with van der Waals surface area (Å²) in [6.07, 6.45) is 1.26. The quantitative estimate of drug-likeness (QED) is 0.415. The number of hydrogen-bond donors (Lipinski definition) is 1. The van der Waals surface area contributed by atoms with Gasteiger partial charge in [-0.2, -0.15) is 9.46 Å². The zero-order chi connectivity index (χ0) is 20.5. The number of ether oxygens (including phenoxy) is 2. The minimum absolute atomic E-state index is 0.0256. The molecule has 28 heavy (non-hydrogen) atoms. The van der Waals surface area contributed by atoms with E-state index in [0.29, 0.717) is 18.7 Å². The van der Waals surface area contributed by atoms with E-state index >= 15 is 0 Å². The van der Waals surface area contributed by atoms with Gasteiger partial charge in [-0.05, 0) is 6.07 Å². The van der Waals surface area contributed by atoms with Crippen molar-refractivity contribution in [1.82, 2.24) is 9.78 Å². The number of benzene rings is 1. The third-order valence-electron chi connectivity index (χ3n) is 4.58. The highest BCUT2D eigenvalue weighted by Crippen LogP contribution is 2.25. The van der Waals surface area contributed by atoms with Crippen molar-refractivity contribution in [3.63, 3.8) is 0 Å². The van der Waals surface area contributed by atoms with Gasteiger partial charge in [0.1, 0.15) is 13.4 Å². The van der Waals surface area contributed by atoms with Crippen molar-refractivity contribution in [2.45, 2.75) is 0 Å². The standard InChI is InChI=1S/C17H20BN3O6S/c1-21-16(23)12(9-19-21)15(22)10-3-4-11(17(24)26-2)14(13(10)18)20-28(25)7-5-27-6-8-28/h3-4,9,23H,5-8,18H2,1-2H3. The summed E-state index contributed by atoms with van der Waals surface area (Å²) in [7, 11) is 1.74. The fourth-order valence-corrected chi connectivity index (χ4v) is 4.63. The van der Waals surface area contributed by atoms with Crippen LogP contribution in [0.25, 0.3) is 0 Å². The zero-order valence-corrected chi connectivity index (χ0v) is 16.6. The number of methoxy groups -OCH3 is 1. The van der Waals surface area contributed by atoms with Gasteiger partial charge in [0.05, 0.1) is 59.0 Å². The Labute approximate surface area is 163 Å². The molecule has 1 fully saturated rings. The van der Waals surface area contributed by atoms with Crippen LogP contribution in [-0.4, -0.2) is 70.5 Å². The molecule has 2 aromatic rings. The predicted octanol–water partition coefficient (Wildman–Crippen LogP) is -0.469. The Kier molecular flexibility index (Phi) is 5.57. The Hall–Kier alpha value is -2.66. The number of nitrogens with zero attached hydrogens (tertiary/aromatic N) is 3. The van der Waals surface area contributed by atoms with E-state index in [-0.39, 0.29) is 39.8 Å². The second kappa shape index (κ2) is 7.76. The van der Waals surface area contributed by atoms with Gasteiger partial charge in [-0.3, -0.25) is 4.79 Å². The second-order valence-electron chi connectivity index (χ2n) is 6.34. The smallest absolute Gasteiger partial charge is 0.340 e. The molecule has 0 amide bonds. The van der Waals surface area contributed by atoms with Crippen LogP contribution in [0.2, 0.25) is 0 Å². The first-order valence-electron chi connectivity index (χ1n) is 8.55. The first-order valence-corrected chi connectivity index (χ1v) is 10.4. The van der Waals surface area contributed by atoms with Gasteiger partial charge in [-0.25, -0.2) is 13.7 Å². The second-order valence-corrected chi connectivity index (χ2v) is 8.89. The monoisotopic (exact) mass is 405 g/mol. The van der Waals surface area contributed by atoms with Crippen LogP contribution in [-0.2, 0) is 26.3 Å². The van der Waals surface area contributed by atoms with Crippen LogP contribution in [0.1, 0.15) is 26.3 Å². The molecule has 0 radical (unpaired) electrons. The third-order valence-corrected chi connectivity index (χ3v) is 6.71. The van der Waals surface area contributed by atoms with Crippen LogP contribution in [0.15, 0.2) is 22.7 Å². The highest BCUT2D eigenvalue weighted by Gasteiger charge is 2.25. The number of rotatable bonds is 4. The number of ketones is 1. The van der Waals surface area contributed by atoms with E-state index in [2.05, 4.69) is 9.46 Å². The van der Waals surface area contributed by atoms with Crippen molar-refractivity contribution in [3.05, 3.63) is 35.0 Å². The molecule has 0 saturated carbocycles. The maximum absolute atomic E-state index is 13.1. The largest absolute Gasteiger partial charge is 0.493 e. The van der Waals surface area contributed by atoms with Gasteiger partial charge in [0, 0.05) is 12.6 Å². The van der Waals surface area contributed by atoms with Crippen molar-refractivity contribution < 1.29 is 28.4 Å². The average Bonchev–Trinajstić information content (AvgIpc) is 3.01. The number of aromatic hydroxyl groups is 1. The van der Waals surface area contributed by atoms with E-state index in [9.17, 15) is 18.9 Å². The van der Waals surface area contributed by atoms with Crippen LogP contribution < -0.4 is 5.46 Å². The number of hydrogen-bond acceptors (Lipinski definition) is 8. The summed E-state index contributed by atoms with van der Waals surface area (Å²) in [5.74, 6) is -0.892. The highest BCUT2D eigenvalue weighted by molar-refractivity contribution is 7.93. The van der Waals surface area contributed by atoms with Crippen LogP contribution >= 0.6 is 0 Å². The maximum atomic E-state index is 13.1. The van der Waals surface area contributed by atoms with Crippen molar-refractivity contribution in [1.29, 1.82) is 0 Å². The number of carbonyl (C=O) groups is 2. The number of aromatic nitrogens is 2. The van der Waals surface area contributed by atoms with Gasteiger partial charge in [-0.15, -0.1) is 0 Å². The summed E-state index contributed by atoms with van der Waals surface area (Å²) in [4.78, 5) is 25.1. The molecule has 3 rings (SSSR count). The molecule has 0 bridgehead atoms. The summed E-state index contributed by atoms with van der Waals surface area (Å²) < 4.78 is 28.7. The van der Waals surface area contributed by atoms with E-state index in [1.165, 1.54) is 37.2 Å². The summed E-state index contributed by atoms with van der Waals surface area (Å²) in [5.41, 5.74) is 0.918. The Morgan fingerprint density at radius 3 is 2.50 bits per heavy atom. The molecule has 0 aliphatic carbocycles. The summed E-state index contributed by atoms with van der Waals surface area (Å²) >= 11 is 0. The van der Waals surface area contributed by atoms with Crippen LogP contribution in [0.3, 0.4) is 0 Å². The van der Waals surface area contributed by atoms with E-state index < -0.39 is 21.5 Å². The fraction of sp³-hybridized carbons (Fsp3) is 0.353. The fourth-order valence-electron chi connectivity index (χ4n) is 2.91. The lowest BCUT2D eigenvalue weighted by Gasteiger charge is -2.18. The molecule has 0 unspecified atom stereocenters. The SMILES string of the molecule is Bc1c(C(=O)c2cnn(C)c2O)ccc(C(=O)OC)c1N=S1(=O)CCOCC1. The minimum atomic E-state index is -2.63. The van der Waals surface area contributed by atoms with Gasteiger partial charge < -0.3 is 14.6 Å². The Morgan fingerprint density at radius 2 is 1.93 bits per heavy atom. The molecule has 9 nitrogen and oxygen atoms in total.